The second-order valence-electron chi connectivity index (χ2n) is 8.74. The molecule has 1 atom stereocenters. The van der Waals surface area contributed by atoms with Gasteiger partial charge in [-0.05, 0) is 49.1 Å². The number of halogens is 1. The maximum Gasteiger partial charge on any atom is 0.282 e. The normalized spacial score (nSPS) is 17.5. The Labute approximate surface area is 208 Å². The van der Waals surface area contributed by atoms with Crippen LogP contribution in [-0.4, -0.2) is 62.2 Å². The molecule has 3 heterocycles. The number of nitrogens with zero attached hydrogens (tertiary/aromatic N) is 2. The zero-order valence-corrected chi connectivity index (χ0v) is 21.5. The average Bonchev–Trinajstić information content (AvgIpc) is 3.05. The van der Waals surface area contributed by atoms with Crippen LogP contribution in [0.1, 0.15) is 23.3 Å². The van der Waals surface area contributed by atoms with Crippen molar-refractivity contribution in [2.24, 2.45) is 5.92 Å². The second kappa shape index (κ2) is 9.41. The molecule has 0 radical (unpaired) electrons. The van der Waals surface area contributed by atoms with E-state index in [1.807, 2.05) is 4.72 Å². The Morgan fingerprint density at radius 3 is 2.60 bits per heavy atom. The third-order valence-electron chi connectivity index (χ3n) is 6.00. The Balaban J connectivity index is 1.96. The number of benzene rings is 1. The quantitative estimate of drug-likeness (QED) is 0.490. The Morgan fingerprint density at radius 2 is 1.94 bits per heavy atom. The lowest BCUT2D eigenvalue weighted by molar-refractivity contribution is 0.0971. The molecule has 1 aromatic carbocycles. The van der Waals surface area contributed by atoms with Crippen LogP contribution in [0.5, 0.6) is 0 Å². The summed E-state index contributed by atoms with van der Waals surface area (Å²) in [4.78, 5) is 28.7. The van der Waals surface area contributed by atoms with Gasteiger partial charge in [0, 0.05) is 52.9 Å². The topological polar surface area (TPSA) is 138 Å². The standard InChI is InChI=1S/C22H25ClN4O6S2/c1-34(30,31)25-22(29)20-19(16-6-3-9-24-21(16)28)17-11-15(23)7-8-18(17)27(20)13-14-5-4-10-26(12-14)35(2,32)33/h3,6-9,11,14H,4-5,10,12-13H2,1-2H3,(H,24,28)(H,25,29). The molecular weight excluding hydrogens is 516 g/mol. The largest absolute Gasteiger partial charge is 0.336 e. The molecule has 2 N–H and O–H groups in total. The molecule has 0 aliphatic carbocycles. The number of nitrogens with one attached hydrogen (secondary N) is 2. The summed E-state index contributed by atoms with van der Waals surface area (Å²) >= 11 is 6.26. The number of carbonyl (C=O) groups excluding carboxylic acids is 1. The number of fused-ring (bicyclic) bond motifs is 1. The number of sulfonamides is 2. The van der Waals surface area contributed by atoms with Crippen LogP contribution in [0, 0.1) is 5.92 Å². The van der Waals surface area contributed by atoms with Crippen LogP contribution >= 0.6 is 11.6 Å². The molecule has 10 nitrogen and oxygen atoms in total. The first-order valence-corrected chi connectivity index (χ1v) is 14.9. The highest BCUT2D eigenvalue weighted by Crippen LogP contribution is 2.36. The molecule has 1 aliphatic rings. The first-order valence-electron chi connectivity index (χ1n) is 10.8. The predicted octanol–water partition coefficient (Wildman–Crippen LogP) is 2.01. The highest BCUT2D eigenvalue weighted by molar-refractivity contribution is 7.89. The zero-order valence-electron chi connectivity index (χ0n) is 19.1. The van der Waals surface area contributed by atoms with Crippen molar-refractivity contribution in [2.75, 3.05) is 25.6 Å². The van der Waals surface area contributed by atoms with Crippen LogP contribution in [0.15, 0.2) is 41.3 Å². The second-order valence-corrected chi connectivity index (χ2v) is 12.9. The number of carbonyl (C=O) groups is 1. The summed E-state index contributed by atoms with van der Waals surface area (Å²) in [5.74, 6) is -1.04. The maximum atomic E-state index is 13.3. The summed E-state index contributed by atoms with van der Waals surface area (Å²) < 4.78 is 53.2. The van der Waals surface area contributed by atoms with Gasteiger partial charge >= 0.3 is 0 Å². The van der Waals surface area contributed by atoms with E-state index in [1.165, 1.54) is 10.5 Å². The third kappa shape index (κ3) is 5.45. The Hall–Kier alpha value is -2.67. The summed E-state index contributed by atoms with van der Waals surface area (Å²) in [6.45, 7) is 0.922. The van der Waals surface area contributed by atoms with E-state index in [-0.39, 0.29) is 35.8 Å². The van der Waals surface area contributed by atoms with Gasteiger partial charge in [0.05, 0.1) is 12.5 Å². The fraction of sp³-hybridized carbons (Fsp3) is 0.364. The fourth-order valence-electron chi connectivity index (χ4n) is 4.60. The molecule has 1 unspecified atom stereocenters. The summed E-state index contributed by atoms with van der Waals surface area (Å²) in [7, 11) is -7.31. The molecule has 188 valence electrons. The van der Waals surface area contributed by atoms with Gasteiger partial charge in [-0.25, -0.2) is 25.9 Å². The van der Waals surface area contributed by atoms with E-state index < -0.39 is 31.5 Å². The molecule has 4 rings (SSSR count). The van der Waals surface area contributed by atoms with Gasteiger partial charge in [0.1, 0.15) is 5.69 Å². The lowest BCUT2D eigenvalue weighted by Crippen LogP contribution is -2.41. The molecule has 1 saturated heterocycles. The minimum Gasteiger partial charge on any atom is -0.336 e. The van der Waals surface area contributed by atoms with Crippen LogP contribution in [0.2, 0.25) is 5.02 Å². The highest BCUT2D eigenvalue weighted by atomic mass is 35.5. The lowest BCUT2D eigenvalue weighted by atomic mass is 9.99. The number of hydrogen-bond donors (Lipinski definition) is 2. The minimum atomic E-state index is -3.92. The van der Waals surface area contributed by atoms with Crippen molar-refractivity contribution in [2.45, 2.75) is 19.4 Å². The minimum absolute atomic E-state index is 0.0131. The van der Waals surface area contributed by atoms with Gasteiger partial charge in [-0.3, -0.25) is 9.59 Å². The summed E-state index contributed by atoms with van der Waals surface area (Å²) in [6, 6.07) is 8.11. The number of H-pyrrole nitrogens is 1. The highest BCUT2D eigenvalue weighted by Gasteiger charge is 2.31. The van der Waals surface area contributed by atoms with Crippen molar-refractivity contribution in [1.82, 2.24) is 18.6 Å². The SMILES string of the molecule is CS(=O)(=O)NC(=O)c1c(-c2ccc[nH]c2=O)c2cc(Cl)ccc2n1CC1CCCN(S(C)(=O)=O)C1. The summed E-state index contributed by atoms with van der Waals surface area (Å²) in [5.41, 5.74) is 0.532. The Morgan fingerprint density at radius 1 is 1.20 bits per heavy atom. The van der Waals surface area contributed by atoms with Gasteiger partial charge in [-0.15, -0.1) is 0 Å². The van der Waals surface area contributed by atoms with E-state index in [0.29, 0.717) is 35.3 Å². The van der Waals surface area contributed by atoms with Gasteiger partial charge < -0.3 is 9.55 Å². The van der Waals surface area contributed by atoms with Crippen molar-refractivity contribution >= 4 is 48.5 Å². The molecular formula is C22H25ClN4O6S2. The van der Waals surface area contributed by atoms with Crippen LogP contribution < -0.4 is 10.3 Å². The Kier molecular flexibility index (Phi) is 6.84. The van der Waals surface area contributed by atoms with Crippen molar-refractivity contribution in [3.8, 4) is 11.1 Å². The van der Waals surface area contributed by atoms with Crippen molar-refractivity contribution < 1.29 is 21.6 Å². The molecule has 35 heavy (non-hydrogen) atoms. The number of aromatic amines is 1. The van der Waals surface area contributed by atoms with Crippen molar-refractivity contribution in [3.63, 3.8) is 0 Å². The van der Waals surface area contributed by atoms with Crippen LogP contribution in [-0.2, 0) is 26.6 Å². The van der Waals surface area contributed by atoms with Gasteiger partial charge in [-0.2, -0.15) is 0 Å². The van der Waals surface area contributed by atoms with E-state index in [4.69, 9.17) is 11.6 Å². The first kappa shape index (κ1) is 25.4. The number of hydrogen-bond acceptors (Lipinski definition) is 6. The average molecular weight is 541 g/mol. The van der Waals surface area contributed by atoms with E-state index in [1.54, 1.807) is 34.9 Å². The number of rotatable bonds is 6. The molecule has 1 aliphatic heterocycles. The molecule has 3 aromatic rings. The Bertz CT molecular complexity index is 1580. The van der Waals surface area contributed by atoms with Crippen LogP contribution in [0.3, 0.4) is 0 Å². The van der Waals surface area contributed by atoms with E-state index in [0.717, 1.165) is 12.5 Å². The van der Waals surface area contributed by atoms with Gasteiger partial charge in [-0.1, -0.05) is 11.6 Å². The van der Waals surface area contributed by atoms with E-state index in [9.17, 15) is 26.4 Å². The molecule has 13 heteroatoms. The smallest absolute Gasteiger partial charge is 0.282 e. The number of amides is 1. The van der Waals surface area contributed by atoms with Crippen molar-refractivity contribution in [1.29, 1.82) is 0 Å². The predicted molar refractivity (Wildman–Crippen MR) is 134 cm³/mol. The van der Waals surface area contributed by atoms with Crippen LogP contribution in [0.4, 0.5) is 0 Å². The molecule has 0 spiro atoms. The van der Waals surface area contributed by atoms with E-state index in [2.05, 4.69) is 4.98 Å². The molecule has 2 aromatic heterocycles. The van der Waals surface area contributed by atoms with E-state index >= 15 is 0 Å². The molecule has 0 bridgehead atoms. The van der Waals surface area contributed by atoms with Gasteiger partial charge in [0.15, 0.2) is 0 Å². The van der Waals surface area contributed by atoms with Gasteiger partial charge in [0.25, 0.3) is 11.5 Å². The van der Waals surface area contributed by atoms with Gasteiger partial charge in [0.2, 0.25) is 20.0 Å². The van der Waals surface area contributed by atoms with Crippen molar-refractivity contribution in [3.05, 3.63) is 57.6 Å². The zero-order chi connectivity index (χ0) is 25.5. The lowest BCUT2D eigenvalue weighted by Gasteiger charge is -2.31. The molecule has 1 amide bonds. The third-order valence-corrected chi connectivity index (χ3v) is 8.06. The number of aromatic nitrogens is 2. The molecule has 1 fully saturated rings. The summed E-state index contributed by atoms with van der Waals surface area (Å²) in [6.07, 6.45) is 4.85. The van der Waals surface area contributed by atoms with Crippen LogP contribution in [0.25, 0.3) is 22.0 Å². The monoisotopic (exact) mass is 540 g/mol. The molecule has 0 saturated carbocycles. The maximum absolute atomic E-state index is 13.3. The fourth-order valence-corrected chi connectivity index (χ4v) is 6.14. The summed E-state index contributed by atoms with van der Waals surface area (Å²) in [5, 5.41) is 0.878. The number of piperidine rings is 1. The first-order chi connectivity index (χ1) is 16.3. The number of pyridine rings is 1.